The average Bonchev–Trinajstić information content (AvgIpc) is 2.49. The highest BCUT2D eigenvalue weighted by Gasteiger charge is 2.19. The highest BCUT2D eigenvalue weighted by Crippen LogP contribution is 2.13. The summed E-state index contributed by atoms with van der Waals surface area (Å²) in [6.07, 6.45) is 1.98. The summed E-state index contributed by atoms with van der Waals surface area (Å²) in [6, 6.07) is 9.62. The van der Waals surface area contributed by atoms with E-state index in [9.17, 15) is 4.79 Å². The molecule has 0 saturated carbocycles. The van der Waals surface area contributed by atoms with Crippen molar-refractivity contribution in [2.45, 2.75) is 25.8 Å². The summed E-state index contributed by atoms with van der Waals surface area (Å²) in [5, 5.41) is 11.8. The number of carbonyl (C=O) groups excluding carboxylic acids is 1. The number of benzene rings is 1. The zero-order valence-corrected chi connectivity index (χ0v) is 12.3. The van der Waals surface area contributed by atoms with Crippen LogP contribution < -0.4 is 10.1 Å². The van der Waals surface area contributed by atoms with E-state index in [1.807, 2.05) is 12.1 Å². The molecule has 1 heterocycles. The highest BCUT2D eigenvalue weighted by atomic mass is 16.5. The number of carbonyl (C=O) groups is 1. The first-order valence-corrected chi connectivity index (χ1v) is 7.30. The lowest BCUT2D eigenvalue weighted by Crippen LogP contribution is -2.45. The van der Waals surface area contributed by atoms with Gasteiger partial charge in [0.15, 0.2) is 0 Å². The van der Waals surface area contributed by atoms with Crippen LogP contribution in [0.1, 0.15) is 25.3 Å². The number of piperidine rings is 1. The first kappa shape index (κ1) is 15.3. The number of hydrogen-bond acceptors (Lipinski definition) is 4. The van der Waals surface area contributed by atoms with Crippen LogP contribution >= 0.6 is 0 Å². The van der Waals surface area contributed by atoms with Gasteiger partial charge >= 0.3 is 0 Å². The van der Waals surface area contributed by atoms with Crippen molar-refractivity contribution in [2.24, 2.45) is 0 Å². The Morgan fingerprint density at radius 2 is 2.24 bits per heavy atom. The van der Waals surface area contributed by atoms with Crippen molar-refractivity contribution in [1.29, 1.82) is 5.26 Å². The van der Waals surface area contributed by atoms with E-state index < -0.39 is 0 Å². The second-order valence-corrected chi connectivity index (χ2v) is 5.30. The quantitative estimate of drug-likeness (QED) is 0.892. The van der Waals surface area contributed by atoms with Gasteiger partial charge in [0.25, 0.3) is 0 Å². The molecule has 0 aromatic heterocycles. The molecular weight excluding hydrogens is 266 g/mol. The Morgan fingerprint density at radius 1 is 1.48 bits per heavy atom. The van der Waals surface area contributed by atoms with Gasteiger partial charge in [0, 0.05) is 32.6 Å². The Hall–Kier alpha value is -2.06. The first-order valence-electron chi connectivity index (χ1n) is 7.30. The fraction of sp³-hybridized carbons (Fsp3) is 0.500. The van der Waals surface area contributed by atoms with Crippen molar-refractivity contribution < 1.29 is 9.53 Å². The van der Waals surface area contributed by atoms with Gasteiger partial charge in [-0.15, -0.1) is 0 Å². The summed E-state index contributed by atoms with van der Waals surface area (Å²) in [7, 11) is 0. The Labute approximate surface area is 125 Å². The van der Waals surface area contributed by atoms with Crippen LogP contribution in [0.5, 0.6) is 5.75 Å². The van der Waals surface area contributed by atoms with Crippen molar-refractivity contribution in [3.8, 4) is 11.8 Å². The summed E-state index contributed by atoms with van der Waals surface area (Å²) in [5.74, 6) is 0.788. The molecule has 1 aromatic rings. The minimum atomic E-state index is 0.0501. The van der Waals surface area contributed by atoms with Gasteiger partial charge in [0.05, 0.1) is 11.6 Å². The fourth-order valence-electron chi connectivity index (χ4n) is 2.54. The van der Waals surface area contributed by atoms with E-state index in [1.54, 1.807) is 19.1 Å². The maximum Gasteiger partial charge on any atom is 0.217 e. The third-order valence-corrected chi connectivity index (χ3v) is 3.63. The predicted molar refractivity (Wildman–Crippen MR) is 79.9 cm³/mol. The second kappa shape index (κ2) is 7.65. The van der Waals surface area contributed by atoms with Crippen molar-refractivity contribution in [3.05, 3.63) is 29.8 Å². The molecule has 1 saturated heterocycles. The monoisotopic (exact) mass is 287 g/mol. The molecule has 1 N–H and O–H groups in total. The van der Waals surface area contributed by atoms with E-state index in [0.717, 1.165) is 38.2 Å². The van der Waals surface area contributed by atoms with Crippen molar-refractivity contribution in [2.75, 3.05) is 26.2 Å². The minimum Gasteiger partial charge on any atom is -0.492 e. The Morgan fingerprint density at radius 3 is 2.90 bits per heavy atom. The predicted octanol–water partition coefficient (Wildman–Crippen LogP) is 1.54. The summed E-state index contributed by atoms with van der Waals surface area (Å²) < 4.78 is 5.68. The van der Waals surface area contributed by atoms with Crippen LogP contribution in [0.25, 0.3) is 0 Å². The molecule has 0 radical (unpaired) electrons. The maximum atomic E-state index is 11.0. The van der Waals surface area contributed by atoms with Crippen molar-refractivity contribution in [1.82, 2.24) is 10.2 Å². The van der Waals surface area contributed by atoms with Crippen LogP contribution in [0.3, 0.4) is 0 Å². The van der Waals surface area contributed by atoms with Crippen LogP contribution in [0.4, 0.5) is 0 Å². The van der Waals surface area contributed by atoms with E-state index in [4.69, 9.17) is 10.00 Å². The smallest absolute Gasteiger partial charge is 0.217 e. The van der Waals surface area contributed by atoms with Crippen LogP contribution in [0, 0.1) is 11.3 Å². The molecule has 5 nitrogen and oxygen atoms in total. The number of rotatable bonds is 5. The van der Waals surface area contributed by atoms with Crippen molar-refractivity contribution >= 4 is 5.91 Å². The molecule has 1 amide bonds. The Kier molecular flexibility index (Phi) is 5.59. The van der Waals surface area contributed by atoms with E-state index in [1.165, 1.54) is 0 Å². The molecule has 0 atom stereocenters. The van der Waals surface area contributed by atoms with E-state index in [-0.39, 0.29) is 5.91 Å². The van der Waals surface area contributed by atoms with Crippen molar-refractivity contribution in [3.63, 3.8) is 0 Å². The van der Waals surface area contributed by atoms with Gasteiger partial charge < -0.3 is 10.1 Å². The SMILES string of the molecule is CC(=O)NC1CCN(CCOc2cccc(C#N)c2)CC1. The van der Waals surface area contributed by atoms with Gasteiger partial charge in [-0.2, -0.15) is 5.26 Å². The van der Waals surface area contributed by atoms with Crippen LogP contribution in [-0.4, -0.2) is 43.1 Å². The summed E-state index contributed by atoms with van der Waals surface area (Å²) in [6.45, 7) is 5.00. The number of likely N-dealkylation sites (tertiary alicyclic amines) is 1. The molecule has 2 rings (SSSR count). The van der Waals surface area contributed by atoms with Gasteiger partial charge in [0.1, 0.15) is 12.4 Å². The number of nitrogens with zero attached hydrogens (tertiary/aromatic N) is 2. The van der Waals surface area contributed by atoms with Crippen LogP contribution in [0.2, 0.25) is 0 Å². The molecule has 0 spiro atoms. The molecule has 0 aliphatic carbocycles. The van der Waals surface area contributed by atoms with Gasteiger partial charge in [0.2, 0.25) is 5.91 Å². The second-order valence-electron chi connectivity index (χ2n) is 5.30. The van der Waals surface area contributed by atoms with Gasteiger partial charge in [-0.05, 0) is 31.0 Å². The summed E-state index contributed by atoms with van der Waals surface area (Å²) in [4.78, 5) is 13.3. The lowest BCUT2D eigenvalue weighted by molar-refractivity contribution is -0.119. The Bertz CT molecular complexity index is 516. The molecule has 0 unspecified atom stereocenters. The molecule has 1 aliphatic heterocycles. The first-order chi connectivity index (χ1) is 10.2. The molecular formula is C16H21N3O2. The molecule has 1 aliphatic rings. The maximum absolute atomic E-state index is 11.0. The van der Waals surface area contributed by atoms with Crippen LogP contribution in [-0.2, 0) is 4.79 Å². The molecule has 1 aromatic carbocycles. The van der Waals surface area contributed by atoms with Gasteiger partial charge in [-0.25, -0.2) is 0 Å². The normalized spacial score (nSPS) is 16.2. The third-order valence-electron chi connectivity index (χ3n) is 3.63. The Balaban J connectivity index is 1.68. The number of nitriles is 1. The van der Waals surface area contributed by atoms with E-state index in [2.05, 4.69) is 16.3 Å². The molecule has 112 valence electrons. The third kappa shape index (κ3) is 5.09. The largest absolute Gasteiger partial charge is 0.492 e. The van der Waals surface area contributed by atoms with Gasteiger partial charge in [-0.1, -0.05) is 6.07 Å². The summed E-state index contributed by atoms with van der Waals surface area (Å²) >= 11 is 0. The molecule has 21 heavy (non-hydrogen) atoms. The molecule has 1 fully saturated rings. The minimum absolute atomic E-state index is 0.0501. The zero-order chi connectivity index (χ0) is 15.1. The average molecular weight is 287 g/mol. The zero-order valence-electron chi connectivity index (χ0n) is 12.3. The van der Waals surface area contributed by atoms with Crippen LogP contribution in [0.15, 0.2) is 24.3 Å². The number of ether oxygens (including phenoxy) is 1. The van der Waals surface area contributed by atoms with E-state index >= 15 is 0 Å². The summed E-state index contributed by atoms with van der Waals surface area (Å²) in [5.41, 5.74) is 0.614. The topological polar surface area (TPSA) is 65.4 Å². The lowest BCUT2D eigenvalue weighted by Gasteiger charge is -2.31. The highest BCUT2D eigenvalue weighted by molar-refractivity contribution is 5.73. The molecule has 0 bridgehead atoms. The van der Waals surface area contributed by atoms with Gasteiger partial charge in [-0.3, -0.25) is 9.69 Å². The number of nitrogens with one attached hydrogen (secondary N) is 1. The standard InChI is InChI=1S/C16H21N3O2/c1-13(20)18-15-5-7-19(8-6-15)9-10-21-16-4-2-3-14(11-16)12-17/h2-4,11,15H,5-10H2,1H3,(H,18,20). The molecule has 5 heteroatoms. The number of hydrogen-bond donors (Lipinski definition) is 1. The number of amides is 1. The lowest BCUT2D eigenvalue weighted by atomic mass is 10.1. The van der Waals surface area contributed by atoms with E-state index in [0.29, 0.717) is 18.2 Å². The fourth-order valence-corrected chi connectivity index (χ4v) is 2.54.